The summed E-state index contributed by atoms with van der Waals surface area (Å²) in [6, 6.07) is 5.22. The van der Waals surface area contributed by atoms with Gasteiger partial charge >= 0.3 is 0 Å². The van der Waals surface area contributed by atoms with Crippen LogP contribution in [-0.4, -0.2) is 79.8 Å². The van der Waals surface area contributed by atoms with Crippen molar-refractivity contribution in [3.8, 4) is 0 Å². The molecule has 1 amide bonds. The summed E-state index contributed by atoms with van der Waals surface area (Å²) >= 11 is 6.39. The number of rotatable bonds is 9. The van der Waals surface area contributed by atoms with Gasteiger partial charge in [0, 0.05) is 54.9 Å². The standard InChI is InChI=1S/C29H41ClN10O/c1-9-34-22-16-35-28(40-11-10-21(17-40)39(7)8)38-25(22)26(31)36-20-13-18(12-19(30)14-20)27(41)37-24(33-6)15-23(32-5)29(2,3)4/h9,12-16,21,32,34H,1,10-11,17H2,2-8H3,(H2,31,36)(H,33,37,41). The Morgan fingerprint density at radius 3 is 2.61 bits per heavy atom. The number of nitrogens with two attached hydrogens (primary N) is 1. The zero-order valence-electron chi connectivity index (χ0n) is 24.9. The Balaban J connectivity index is 1.91. The van der Waals surface area contributed by atoms with Crippen molar-refractivity contribution < 1.29 is 4.79 Å². The second-order valence-corrected chi connectivity index (χ2v) is 11.4. The van der Waals surface area contributed by atoms with E-state index in [1.807, 2.05) is 7.05 Å². The first-order chi connectivity index (χ1) is 19.4. The second kappa shape index (κ2) is 13.6. The van der Waals surface area contributed by atoms with E-state index in [1.54, 1.807) is 37.5 Å². The SMILES string of the molecule is C=CNc1cnc(N2CCC(N(C)C)C2)nc1C(N)=Nc1cc(Cl)cc(C(=O)NC(C=C(NC)C(C)(C)C)=NC)c1. The third-order valence-corrected chi connectivity index (χ3v) is 6.91. The fraction of sp³-hybridized carbons (Fsp3) is 0.414. The van der Waals surface area contributed by atoms with E-state index in [0.29, 0.717) is 45.5 Å². The van der Waals surface area contributed by atoms with Gasteiger partial charge in [-0.2, -0.15) is 0 Å². The lowest BCUT2D eigenvalue weighted by Crippen LogP contribution is -2.32. The number of hydrogen-bond donors (Lipinski definition) is 4. The number of nitrogens with one attached hydrogen (secondary N) is 3. The number of likely N-dealkylation sites (N-methyl/N-ethyl adjacent to an activating group) is 1. The van der Waals surface area contributed by atoms with Crippen LogP contribution in [-0.2, 0) is 0 Å². The number of aliphatic imine (C=N–C) groups is 2. The summed E-state index contributed by atoms with van der Waals surface area (Å²) in [5.41, 5.74) is 8.91. The highest BCUT2D eigenvalue weighted by Crippen LogP contribution is 2.26. The van der Waals surface area contributed by atoms with Gasteiger partial charge in [-0.15, -0.1) is 0 Å². The van der Waals surface area contributed by atoms with Crippen LogP contribution in [0.25, 0.3) is 0 Å². The van der Waals surface area contributed by atoms with Crippen LogP contribution in [0.1, 0.15) is 43.2 Å². The van der Waals surface area contributed by atoms with E-state index in [1.165, 1.54) is 6.20 Å². The van der Waals surface area contributed by atoms with Gasteiger partial charge in [0.15, 0.2) is 5.84 Å². The van der Waals surface area contributed by atoms with E-state index >= 15 is 0 Å². The van der Waals surface area contributed by atoms with Crippen molar-refractivity contribution in [3.05, 3.63) is 65.2 Å². The Morgan fingerprint density at radius 1 is 1.29 bits per heavy atom. The van der Waals surface area contributed by atoms with Crippen LogP contribution >= 0.6 is 11.6 Å². The number of amidine groups is 2. The monoisotopic (exact) mass is 580 g/mol. The number of carbonyl (C=O) groups is 1. The van der Waals surface area contributed by atoms with E-state index in [9.17, 15) is 4.79 Å². The summed E-state index contributed by atoms with van der Waals surface area (Å²) < 4.78 is 0. The van der Waals surface area contributed by atoms with Crippen molar-refractivity contribution in [1.29, 1.82) is 0 Å². The van der Waals surface area contributed by atoms with Gasteiger partial charge in [0.25, 0.3) is 5.91 Å². The quantitative estimate of drug-likeness (QED) is 0.260. The first kappa shape index (κ1) is 31.6. The fourth-order valence-corrected chi connectivity index (χ4v) is 4.62. The van der Waals surface area contributed by atoms with Gasteiger partial charge < -0.3 is 31.5 Å². The molecular formula is C29H41ClN10O. The number of benzene rings is 1. The Kier molecular flexibility index (Phi) is 10.5. The van der Waals surface area contributed by atoms with Crippen molar-refractivity contribution in [2.24, 2.45) is 21.1 Å². The first-order valence-corrected chi connectivity index (χ1v) is 13.7. The molecule has 3 rings (SSSR count). The molecule has 2 heterocycles. The number of aromatic nitrogens is 2. The predicted molar refractivity (Wildman–Crippen MR) is 169 cm³/mol. The summed E-state index contributed by atoms with van der Waals surface area (Å²) in [6.45, 7) is 11.6. The van der Waals surface area contributed by atoms with Crippen molar-refractivity contribution in [1.82, 2.24) is 25.5 Å². The molecule has 1 aliphatic heterocycles. The van der Waals surface area contributed by atoms with Gasteiger partial charge in [-0.1, -0.05) is 39.0 Å². The zero-order valence-corrected chi connectivity index (χ0v) is 25.7. The molecule has 1 fully saturated rings. The molecule has 41 heavy (non-hydrogen) atoms. The van der Waals surface area contributed by atoms with Gasteiger partial charge in [0.2, 0.25) is 5.95 Å². The molecule has 1 aliphatic rings. The molecule has 220 valence electrons. The van der Waals surface area contributed by atoms with Crippen molar-refractivity contribution in [2.75, 3.05) is 51.5 Å². The molecule has 1 atom stereocenters. The third-order valence-electron chi connectivity index (χ3n) is 6.69. The lowest BCUT2D eigenvalue weighted by molar-refractivity contribution is 0.0977. The largest absolute Gasteiger partial charge is 0.391 e. The van der Waals surface area contributed by atoms with Gasteiger partial charge in [-0.3, -0.25) is 9.79 Å². The molecule has 0 radical (unpaired) electrons. The summed E-state index contributed by atoms with van der Waals surface area (Å²) in [7, 11) is 7.59. The van der Waals surface area contributed by atoms with Crippen LogP contribution in [0.4, 0.5) is 17.3 Å². The van der Waals surface area contributed by atoms with E-state index in [0.717, 1.165) is 25.2 Å². The third kappa shape index (κ3) is 8.27. The maximum absolute atomic E-state index is 13.2. The molecule has 1 aromatic carbocycles. The summed E-state index contributed by atoms with van der Waals surface area (Å²) in [4.78, 5) is 35.6. The van der Waals surface area contributed by atoms with Gasteiger partial charge in [-0.05, 0) is 51.0 Å². The van der Waals surface area contributed by atoms with Crippen molar-refractivity contribution in [2.45, 2.75) is 33.2 Å². The fourth-order valence-electron chi connectivity index (χ4n) is 4.39. The Hall–Kier alpha value is -3.96. The van der Waals surface area contributed by atoms with Gasteiger partial charge in [0.05, 0.1) is 17.6 Å². The van der Waals surface area contributed by atoms with Crippen LogP contribution in [0.15, 0.2) is 58.9 Å². The summed E-state index contributed by atoms with van der Waals surface area (Å²) in [5.74, 6) is 0.730. The molecule has 0 bridgehead atoms. The number of amides is 1. The maximum atomic E-state index is 13.2. The number of halogens is 1. The molecule has 2 aromatic rings. The highest BCUT2D eigenvalue weighted by molar-refractivity contribution is 6.31. The van der Waals surface area contributed by atoms with E-state index < -0.39 is 0 Å². The number of hydrogen-bond acceptors (Lipinski definition) is 9. The zero-order chi connectivity index (χ0) is 30.3. The Labute approximate surface area is 247 Å². The molecule has 1 unspecified atom stereocenters. The number of carbonyl (C=O) groups excluding carboxylic acids is 1. The smallest absolute Gasteiger partial charge is 0.256 e. The predicted octanol–water partition coefficient (Wildman–Crippen LogP) is 3.77. The lowest BCUT2D eigenvalue weighted by atomic mass is 9.91. The topological polar surface area (TPSA) is 136 Å². The summed E-state index contributed by atoms with van der Waals surface area (Å²) in [5, 5.41) is 9.37. The van der Waals surface area contributed by atoms with Crippen LogP contribution < -0.4 is 26.6 Å². The normalized spacial score (nSPS) is 16.7. The molecule has 0 aliphatic carbocycles. The highest BCUT2D eigenvalue weighted by atomic mass is 35.5. The molecular weight excluding hydrogens is 540 g/mol. The molecule has 0 saturated carbocycles. The average molecular weight is 581 g/mol. The second-order valence-electron chi connectivity index (χ2n) is 10.9. The van der Waals surface area contributed by atoms with Gasteiger partial charge in [0.1, 0.15) is 11.5 Å². The van der Waals surface area contributed by atoms with Crippen LogP contribution in [0.5, 0.6) is 0 Å². The Morgan fingerprint density at radius 2 is 2.02 bits per heavy atom. The van der Waals surface area contributed by atoms with E-state index in [4.69, 9.17) is 22.3 Å². The van der Waals surface area contributed by atoms with Crippen molar-refractivity contribution >= 4 is 46.5 Å². The molecule has 1 aromatic heterocycles. The molecule has 12 heteroatoms. The average Bonchev–Trinajstić information content (AvgIpc) is 3.41. The van der Waals surface area contributed by atoms with Crippen LogP contribution in [0, 0.1) is 5.41 Å². The minimum absolute atomic E-state index is 0.137. The first-order valence-electron chi connectivity index (χ1n) is 13.3. The van der Waals surface area contributed by atoms with Crippen molar-refractivity contribution in [3.63, 3.8) is 0 Å². The van der Waals surface area contributed by atoms with Crippen LogP contribution in [0.3, 0.4) is 0 Å². The van der Waals surface area contributed by atoms with Crippen LogP contribution in [0.2, 0.25) is 5.02 Å². The van der Waals surface area contributed by atoms with E-state index in [-0.39, 0.29) is 17.2 Å². The molecule has 5 N–H and O–H groups in total. The molecule has 1 saturated heterocycles. The Bertz CT molecular complexity index is 1360. The van der Waals surface area contributed by atoms with Gasteiger partial charge in [-0.25, -0.2) is 15.0 Å². The minimum Gasteiger partial charge on any atom is -0.391 e. The number of anilines is 2. The minimum atomic E-state index is -0.383. The highest BCUT2D eigenvalue weighted by Gasteiger charge is 2.26. The molecule has 0 spiro atoms. The maximum Gasteiger partial charge on any atom is 0.256 e. The number of nitrogens with zero attached hydrogens (tertiary/aromatic N) is 6. The van der Waals surface area contributed by atoms with E-state index in [2.05, 4.69) is 82.2 Å². The number of allylic oxidation sites excluding steroid dienone is 1. The summed E-state index contributed by atoms with van der Waals surface area (Å²) in [6.07, 6.45) is 6.01. The molecule has 11 nitrogen and oxygen atoms in total. The lowest BCUT2D eigenvalue weighted by Gasteiger charge is -2.23.